The number of nitrogens with one attached hydrogen (secondary N) is 1. The molecule has 0 aliphatic carbocycles. The van der Waals surface area contributed by atoms with Gasteiger partial charge in [-0.05, 0) is 54.3 Å². The SMILES string of the molecule is Cc1ccc(C(C)C)c(OCCCSCc2nc3ccccc3[nH]2)c1. The van der Waals surface area contributed by atoms with E-state index in [1.54, 1.807) is 0 Å². The van der Waals surface area contributed by atoms with Crippen molar-refractivity contribution in [3.63, 3.8) is 0 Å². The Labute approximate surface area is 154 Å². The predicted octanol–water partition coefficient (Wildman–Crippen LogP) is 5.70. The van der Waals surface area contributed by atoms with Gasteiger partial charge >= 0.3 is 0 Å². The van der Waals surface area contributed by atoms with Gasteiger partial charge < -0.3 is 9.72 Å². The van der Waals surface area contributed by atoms with E-state index in [1.165, 1.54) is 11.1 Å². The number of aromatic nitrogens is 2. The maximum Gasteiger partial charge on any atom is 0.122 e. The zero-order chi connectivity index (χ0) is 17.6. The third kappa shape index (κ3) is 4.79. The number of nitrogens with zero attached hydrogens (tertiary/aromatic N) is 1. The van der Waals surface area contributed by atoms with E-state index in [2.05, 4.69) is 55.0 Å². The van der Waals surface area contributed by atoms with Crippen molar-refractivity contribution in [2.75, 3.05) is 12.4 Å². The molecule has 1 N–H and O–H groups in total. The summed E-state index contributed by atoms with van der Waals surface area (Å²) >= 11 is 1.90. The lowest BCUT2D eigenvalue weighted by Crippen LogP contribution is -2.03. The lowest BCUT2D eigenvalue weighted by molar-refractivity contribution is 0.314. The fourth-order valence-electron chi connectivity index (χ4n) is 2.83. The number of hydrogen-bond acceptors (Lipinski definition) is 3. The van der Waals surface area contributed by atoms with Crippen LogP contribution in [0.1, 0.15) is 43.1 Å². The smallest absolute Gasteiger partial charge is 0.122 e. The Balaban J connectivity index is 1.42. The Hall–Kier alpha value is -1.94. The summed E-state index contributed by atoms with van der Waals surface area (Å²) in [6.07, 6.45) is 1.04. The standard InChI is InChI=1S/C21H26N2OS/c1-15(2)17-10-9-16(3)13-20(17)24-11-6-12-25-14-21-22-18-7-4-5-8-19(18)23-21/h4-5,7-10,13,15H,6,11-12,14H2,1-3H3,(H,22,23). The molecule has 1 heterocycles. The van der Waals surface area contributed by atoms with Crippen molar-refractivity contribution in [1.29, 1.82) is 0 Å². The summed E-state index contributed by atoms with van der Waals surface area (Å²) in [5, 5.41) is 0. The van der Waals surface area contributed by atoms with Crippen LogP contribution in [0.2, 0.25) is 0 Å². The van der Waals surface area contributed by atoms with Gasteiger partial charge in [0.15, 0.2) is 0 Å². The normalized spacial score (nSPS) is 11.4. The van der Waals surface area contributed by atoms with E-state index >= 15 is 0 Å². The predicted molar refractivity (Wildman–Crippen MR) is 108 cm³/mol. The largest absolute Gasteiger partial charge is 0.493 e. The van der Waals surface area contributed by atoms with Gasteiger partial charge in [-0.2, -0.15) is 11.8 Å². The van der Waals surface area contributed by atoms with Crippen molar-refractivity contribution >= 4 is 22.8 Å². The van der Waals surface area contributed by atoms with Gasteiger partial charge in [0.1, 0.15) is 11.6 Å². The van der Waals surface area contributed by atoms with E-state index in [0.717, 1.165) is 47.1 Å². The van der Waals surface area contributed by atoms with Crippen LogP contribution in [0.5, 0.6) is 5.75 Å². The van der Waals surface area contributed by atoms with Crippen LogP contribution in [0.3, 0.4) is 0 Å². The van der Waals surface area contributed by atoms with Gasteiger partial charge in [-0.15, -0.1) is 0 Å². The first-order valence-electron chi connectivity index (χ1n) is 8.88. The number of para-hydroxylation sites is 2. The molecule has 4 heteroatoms. The molecule has 0 amide bonds. The molecular weight excluding hydrogens is 328 g/mol. The Morgan fingerprint density at radius 2 is 2.00 bits per heavy atom. The number of aromatic amines is 1. The first kappa shape index (κ1) is 17.9. The maximum absolute atomic E-state index is 6.04. The van der Waals surface area contributed by atoms with Gasteiger partial charge in [0.25, 0.3) is 0 Å². The summed E-state index contributed by atoms with van der Waals surface area (Å²) in [4.78, 5) is 7.99. The van der Waals surface area contributed by atoms with Crippen molar-refractivity contribution in [2.45, 2.75) is 38.9 Å². The van der Waals surface area contributed by atoms with Crippen molar-refractivity contribution in [3.8, 4) is 5.75 Å². The molecule has 2 aromatic carbocycles. The zero-order valence-electron chi connectivity index (χ0n) is 15.2. The van der Waals surface area contributed by atoms with Crippen molar-refractivity contribution in [1.82, 2.24) is 9.97 Å². The number of rotatable bonds is 8. The molecule has 3 nitrogen and oxygen atoms in total. The fourth-order valence-corrected chi connectivity index (χ4v) is 3.63. The summed E-state index contributed by atoms with van der Waals surface area (Å²) in [6.45, 7) is 7.29. The molecule has 132 valence electrons. The second-order valence-corrected chi connectivity index (χ2v) is 7.76. The number of benzene rings is 2. The summed E-state index contributed by atoms with van der Waals surface area (Å²) in [7, 11) is 0. The number of imidazole rings is 1. The quantitative estimate of drug-likeness (QED) is 0.528. The highest BCUT2D eigenvalue weighted by Gasteiger charge is 2.08. The lowest BCUT2D eigenvalue weighted by Gasteiger charge is -2.14. The maximum atomic E-state index is 6.04. The van der Waals surface area contributed by atoms with Crippen LogP contribution in [0.15, 0.2) is 42.5 Å². The van der Waals surface area contributed by atoms with Crippen molar-refractivity contribution < 1.29 is 4.74 Å². The third-order valence-electron chi connectivity index (χ3n) is 4.16. The average molecular weight is 355 g/mol. The van der Waals surface area contributed by atoms with Gasteiger partial charge in [-0.3, -0.25) is 0 Å². The summed E-state index contributed by atoms with van der Waals surface area (Å²) in [5.41, 5.74) is 4.70. The van der Waals surface area contributed by atoms with Gasteiger partial charge in [0, 0.05) is 0 Å². The Kier molecular flexibility index (Phi) is 6.03. The molecule has 0 spiro atoms. The van der Waals surface area contributed by atoms with E-state index in [4.69, 9.17) is 4.74 Å². The van der Waals surface area contributed by atoms with Gasteiger partial charge in [0.2, 0.25) is 0 Å². The molecule has 0 saturated carbocycles. The summed E-state index contributed by atoms with van der Waals surface area (Å²) < 4.78 is 6.04. The van der Waals surface area contributed by atoms with E-state index in [0.29, 0.717) is 5.92 Å². The minimum Gasteiger partial charge on any atom is -0.493 e. The molecule has 0 saturated heterocycles. The van der Waals surface area contributed by atoms with Crippen LogP contribution in [-0.2, 0) is 5.75 Å². The third-order valence-corrected chi connectivity index (χ3v) is 5.21. The number of H-pyrrole nitrogens is 1. The molecular formula is C21H26N2OS. The van der Waals surface area contributed by atoms with Gasteiger partial charge in [-0.25, -0.2) is 4.98 Å². The first-order valence-corrected chi connectivity index (χ1v) is 10.0. The van der Waals surface area contributed by atoms with Crippen LogP contribution in [0, 0.1) is 6.92 Å². The molecule has 0 atom stereocenters. The Morgan fingerprint density at radius 1 is 1.16 bits per heavy atom. The molecule has 0 unspecified atom stereocenters. The summed E-state index contributed by atoms with van der Waals surface area (Å²) in [5.74, 6) is 4.55. The van der Waals surface area contributed by atoms with E-state index in [9.17, 15) is 0 Å². The van der Waals surface area contributed by atoms with Crippen LogP contribution in [0.4, 0.5) is 0 Å². The number of ether oxygens (including phenoxy) is 1. The van der Waals surface area contributed by atoms with E-state index < -0.39 is 0 Å². The number of hydrogen-bond donors (Lipinski definition) is 1. The molecule has 25 heavy (non-hydrogen) atoms. The average Bonchev–Trinajstić information content (AvgIpc) is 3.00. The van der Waals surface area contributed by atoms with E-state index in [1.807, 2.05) is 30.0 Å². The highest BCUT2D eigenvalue weighted by atomic mass is 32.2. The van der Waals surface area contributed by atoms with Gasteiger partial charge in [-0.1, -0.05) is 38.1 Å². The monoisotopic (exact) mass is 354 g/mol. The second-order valence-electron chi connectivity index (χ2n) is 6.65. The molecule has 0 aliphatic rings. The molecule has 0 fully saturated rings. The number of thioether (sulfide) groups is 1. The minimum atomic E-state index is 0.484. The second kappa shape index (κ2) is 8.43. The lowest BCUT2D eigenvalue weighted by atomic mass is 10.0. The topological polar surface area (TPSA) is 37.9 Å². The Morgan fingerprint density at radius 3 is 2.80 bits per heavy atom. The van der Waals surface area contributed by atoms with Gasteiger partial charge in [0.05, 0.1) is 23.4 Å². The van der Waals surface area contributed by atoms with Crippen LogP contribution < -0.4 is 4.74 Å². The van der Waals surface area contributed by atoms with Crippen LogP contribution in [0.25, 0.3) is 11.0 Å². The fraction of sp³-hybridized carbons (Fsp3) is 0.381. The molecule has 3 aromatic rings. The van der Waals surface area contributed by atoms with E-state index in [-0.39, 0.29) is 0 Å². The number of fused-ring (bicyclic) bond motifs is 1. The molecule has 0 radical (unpaired) electrons. The minimum absolute atomic E-state index is 0.484. The summed E-state index contributed by atoms with van der Waals surface area (Å²) in [6, 6.07) is 14.7. The molecule has 0 bridgehead atoms. The number of aryl methyl sites for hydroxylation is 1. The zero-order valence-corrected chi connectivity index (χ0v) is 16.0. The van der Waals surface area contributed by atoms with Crippen LogP contribution >= 0.6 is 11.8 Å². The van der Waals surface area contributed by atoms with Crippen molar-refractivity contribution in [2.24, 2.45) is 0 Å². The molecule has 1 aromatic heterocycles. The Bertz CT molecular complexity index is 793. The first-order chi connectivity index (χ1) is 12.1. The highest BCUT2D eigenvalue weighted by Crippen LogP contribution is 2.27. The molecule has 0 aliphatic heterocycles. The highest BCUT2D eigenvalue weighted by molar-refractivity contribution is 7.98. The van der Waals surface area contributed by atoms with Crippen molar-refractivity contribution in [3.05, 3.63) is 59.4 Å². The van der Waals surface area contributed by atoms with Crippen LogP contribution in [-0.4, -0.2) is 22.3 Å². The molecule has 3 rings (SSSR count).